The Balaban J connectivity index is 2.39. The molecule has 4 N–H and O–H groups in total. The third-order valence-corrected chi connectivity index (χ3v) is 2.76. The van der Waals surface area contributed by atoms with Gasteiger partial charge in [-0.2, -0.15) is 0 Å². The Morgan fingerprint density at radius 1 is 1.40 bits per heavy atom. The number of nitrogens with one attached hydrogen (secondary N) is 1. The van der Waals surface area contributed by atoms with Crippen molar-refractivity contribution in [2.45, 2.75) is 26.3 Å². The third-order valence-electron chi connectivity index (χ3n) is 2.76. The van der Waals surface area contributed by atoms with Crippen LogP contribution in [0, 0.1) is 5.92 Å². The fourth-order valence-electron chi connectivity index (χ4n) is 1.67. The number of nitrogens with zero attached hydrogens (tertiary/aromatic N) is 1. The molecule has 0 aliphatic rings. The van der Waals surface area contributed by atoms with Crippen LogP contribution in [0.25, 0.3) is 0 Å². The normalized spacial score (nSPS) is 13.1. The van der Waals surface area contributed by atoms with Crippen molar-refractivity contribution >= 4 is 11.7 Å². The van der Waals surface area contributed by atoms with Gasteiger partial charge in [0.1, 0.15) is 5.75 Å². The van der Waals surface area contributed by atoms with Gasteiger partial charge in [0, 0.05) is 0 Å². The quantitative estimate of drug-likeness (QED) is 0.304. The first-order valence-corrected chi connectivity index (χ1v) is 6.49. The van der Waals surface area contributed by atoms with Crippen molar-refractivity contribution in [3.63, 3.8) is 0 Å². The maximum absolute atomic E-state index is 11.8. The molecule has 0 saturated carbocycles. The lowest BCUT2D eigenvalue weighted by atomic mass is 10.0. The van der Waals surface area contributed by atoms with Crippen molar-refractivity contribution < 1.29 is 14.7 Å². The van der Waals surface area contributed by atoms with Crippen LogP contribution in [0.3, 0.4) is 0 Å². The van der Waals surface area contributed by atoms with Gasteiger partial charge in [0.15, 0.2) is 5.84 Å². The molecular weight excluding hydrogens is 258 g/mol. The van der Waals surface area contributed by atoms with E-state index >= 15 is 0 Å². The van der Waals surface area contributed by atoms with Gasteiger partial charge in [-0.25, -0.2) is 0 Å². The van der Waals surface area contributed by atoms with E-state index in [1.54, 1.807) is 0 Å². The van der Waals surface area contributed by atoms with Gasteiger partial charge in [-0.15, -0.1) is 0 Å². The van der Waals surface area contributed by atoms with E-state index in [2.05, 4.69) is 10.5 Å². The number of carbonyl (C=O) groups is 1. The SMILES string of the molecule is CC(C)C(NC(=O)CCOc1ccccc1)C(N)=NO. The molecule has 1 amide bonds. The predicted molar refractivity (Wildman–Crippen MR) is 76.7 cm³/mol. The molecule has 0 spiro atoms. The monoisotopic (exact) mass is 279 g/mol. The minimum Gasteiger partial charge on any atom is -0.493 e. The number of hydrogen-bond donors (Lipinski definition) is 3. The Hall–Kier alpha value is -2.24. The average molecular weight is 279 g/mol. The van der Waals surface area contributed by atoms with Gasteiger partial charge >= 0.3 is 0 Å². The number of amidine groups is 1. The molecule has 0 heterocycles. The van der Waals surface area contributed by atoms with Crippen molar-refractivity contribution in [1.29, 1.82) is 0 Å². The van der Waals surface area contributed by atoms with E-state index in [1.165, 1.54) is 0 Å². The molecule has 0 saturated heterocycles. The van der Waals surface area contributed by atoms with Crippen LogP contribution in [0.4, 0.5) is 0 Å². The molecule has 0 aromatic heterocycles. The maximum Gasteiger partial charge on any atom is 0.224 e. The highest BCUT2D eigenvalue weighted by atomic mass is 16.5. The van der Waals surface area contributed by atoms with E-state index in [4.69, 9.17) is 15.7 Å². The van der Waals surface area contributed by atoms with Crippen molar-refractivity contribution in [3.05, 3.63) is 30.3 Å². The van der Waals surface area contributed by atoms with Gasteiger partial charge in [0.25, 0.3) is 0 Å². The first kappa shape index (κ1) is 15.8. The first-order valence-electron chi connectivity index (χ1n) is 6.49. The molecular formula is C14H21N3O3. The van der Waals surface area contributed by atoms with Gasteiger partial charge in [0.2, 0.25) is 5.91 Å². The van der Waals surface area contributed by atoms with E-state index in [1.807, 2.05) is 44.2 Å². The largest absolute Gasteiger partial charge is 0.493 e. The summed E-state index contributed by atoms with van der Waals surface area (Å²) >= 11 is 0. The Morgan fingerprint density at radius 3 is 2.60 bits per heavy atom. The number of amides is 1. The molecule has 1 unspecified atom stereocenters. The van der Waals surface area contributed by atoms with Crippen LogP contribution in [-0.2, 0) is 4.79 Å². The van der Waals surface area contributed by atoms with E-state index in [0.717, 1.165) is 5.75 Å². The molecule has 1 aromatic carbocycles. The van der Waals surface area contributed by atoms with E-state index < -0.39 is 6.04 Å². The molecule has 0 bridgehead atoms. The maximum atomic E-state index is 11.8. The third kappa shape index (κ3) is 5.17. The summed E-state index contributed by atoms with van der Waals surface area (Å²) in [5, 5.41) is 14.3. The highest BCUT2D eigenvalue weighted by Gasteiger charge is 2.20. The standard InChI is InChI=1S/C14H21N3O3/c1-10(2)13(14(15)17-19)16-12(18)8-9-20-11-6-4-3-5-7-11/h3-7,10,13,19H,8-9H2,1-2H3,(H2,15,17)(H,16,18). The smallest absolute Gasteiger partial charge is 0.224 e. The average Bonchev–Trinajstić information content (AvgIpc) is 2.45. The van der Waals surface area contributed by atoms with Gasteiger partial charge in [0.05, 0.1) is 19.1 Å². The number of para-hydroxylation sites is 1. The molecule has 0 aliphatic heterocycles. The number of oxime groups is 1. The number of rotatable bonds is 7. The second kappa shape index (κ2) is 8.04. The summed E-state index contributed by atoms with van der Waals surface area (Å²) in [6.07, 6.45) is 0.205. The molecule has 1 rings (SSSR count). The summed E-state index contributed by atoms with van der Waals surface area (Å²) in [5.74, 6) is 0.547. The van der Waals surface area contributed by atoms with E-state index in [-0.39, 0.29) is 30.7 Å². The van der Waals surface area contributed by atoms with E-state index in [0.29, 0.717) is 0 Å². The van der Waals surface area contributed by atoms with E-state index in [9.17, 15) is 4.79 Å². The number of carbonyl (C=O) groups excluding carboxylic acids is 1. The first-order chi connectivity index (χ1) is 9.54. The summed E-state index contributed by atoms with van der Waals surface area (Å²) in [7, 11) is 0. The molecule has 110 valence electrons. The summed E-state index contributed by atoms with van der Waals surface area (Å²) in [4.78, 5) is 11.8. The minimum atomic E-state index is -0.482. The second-order valence-electron chi connectivity index (χ2n) is 4.73. The zero-order valence-electron chi connectivity index (χ0n) is 11.7. The molecule has 0 radical (unpaired) electrons. The number of ether oxygens (including phenoxy) is 1. The summed E-state index contributed by atoms with van der Waals surface area (Å²) in [5.41, 5.74) is 5.54. The fraction of sp³-hybridized carbons (Fsp3) is 0.429. The lowest BCUT2D eigenvalue weighted by Crippen LogP contribution is -2.48. The van der Waals surface area contributed by atoms with Crippen LogP contribution in [-0.4, -0.2) is 29.6 Å². The summed E-state index contributed by atoms with van der Waals surface area (Å²) in [6.45, 7) is 4.03. The van der Waals surface area contributed by atoms with Crippen LogP contribution in [0.1, 0.15) is 20.3 Å². The highest BCUT2D eigenvalue weighted by Crippen LogP contribution is 2.08. The van der Waals surface area contributed by atoms with Gasteiger partial charge in [-0.05, 0) is 18.1 Å². The Morgan fingerprint density at radius 2 is 2.05 bits per heavy atom. The van der Waals surface area contributed by atoms with Crippen LogP contribution < -0.4 is 15.8 Å². The highest BCUT2D eigenvalue weighted by molar-refractivity contribution is 5.90. The van der Waals surface area contributed by atoms with Gasteiger partial charge in [-0.3, -0.25) is 4.79 Å². The van der Waals surface area contributed by atoms with Crippen molar-refractivity contribution in [2.75, 3.05) is 6.61 Å². The Bertz CT molecular complexity index is 446. The van der Waals surface area contributed by atoms with Crippen LogP contribution in [0.5, 0.6) is 5.75 Å². The second-order valence-corrected chi connectivity index (χ2v) is 4.73. The Kier molecular flexibility index (Phi) is 6.36. The lowest BCUT2D eigenvalue weighted by molar-refractivity contribution is -0.122. The fourth-order valence-corrected chi connectivity index (χ4v) is 1.67. The molecule has 1 aromatic rings. The molecule has 0 fully saturated rings. The van der Waals surface area contributed by atoms with Crippen LogP contribution in [0.15, 0.2) is 35.5 Å². The Labute approximate surface area is 118 Å². The molecule has 1 atom stereocenters. The summed E-state index contributed by atoms with van der Waals surface area (Å²) < 4.78 is 5.43. The minimum absolute atomic E-state index is 0.00247. The number of benzene rings is 1. The van der Waals surface area contributed by atoms with Crippen molar-refractivity contribution in [2.24, 2.45) is 16.8 Å². The number of hydrogen-bond acceptors (Lipinski definition) is 4. The topological polar surface area (TPSA) is 96.9 Å². The van der Waals surface area contributed by atoms with Gasteiger partial charge in [-0.1, -0.05) is 37.2 Å². The van der Waals surface area contributed by atoms with Crippen molar-refractivity contribution in [3.8, 4) is 5.75 Å². The van der Waals surface area contributed by atoms with Crippen molar-refractivity contribution in [1.82, 2.24) is 5.32 Å². The molecule has 0 aliphatic carbocycles. The van der Waals surface area contributed by atoms with Crippen LogP contribution >= 0.6 is 0 Å². The van der Waals surface area contributed by atoms with Crippen LogP contribution in [0.2, 0.25) is 0 Å². The number of nitrogens with two attached hydrogens (primary N) is 1. The molecule has 20 heavy (non-hydrogen) atoms. The zero-order chi connectivity index (χ0) is 15.0. The molecule has 6 nitrogen and oxygen atoms in total. The van der Waals surface area contributed by atoms with Gasteiger partial charge < -0.3 is 21.0 Å². The molecule has 6 heteroatoms. The zero-order valence-corrected chi connectivity index (χ0v) is 11.7. The predicted octanol–water partition coefficient (Wildman–Crippen LogP) is 1.34. The lowest BCUT2D eigenvalue weighted by Gasteiger charge is -2.20. The summed E-state index contributed by atoms with van der Waals surface area (Å²) in [6, 6.07) is 8.79.